The van der Waals surface area contributed by atoms with Gasteiger partial charge in [0.2, 0.25) is 11.9 Å². The average molecular weight is 468 g/mol. The van der Waals surface area contributed by atoms with E-state index in [1.54, 1.807) is 0 Å². The van der Waals surface area contributed by atoms with Gasteiger partial charge in [0.05, 0.1) is 12.3 Å². The van der Waals surface area contributed by atoms with Crippen LogP contribution in [0.25, 0.3) is 5.95 Å². The summed E-state index contributed by atoms with van der Waals surface area (Å²) in [7, 11) is 0. The maximum absolute atomic E-state index is 12.4. The van der Waals surface area contributed by atoms with Gasteiger partial charge in [-0.25, -0.2) is 0 Å². The molecule has 29 heavy (non-hydrogen) atoms. The molecule has 6 nitrogen and oxygen atoms in total. The topological polar surface area (TPSA) is 64.7 Å². The summed E-state index contributed by atoms with van der Waals surface area (Å²) in [4.78, 5) is 12.4. The van der Waals surface area contributed by atoms with Crippen molar-refractivity contribution >= 4 is 39.3 Å². The second-order valence-electron chi connectivity index (χ2n) is 6.29. The first-order chi connectivity index (χ1) is 14.2. The monoisotopic (exact) mass is 467 g/mol. The van der Waals surface area contributed by atoms with Gasteiger partial charge in [0, 0.05) is 22.6 Å². The van der Waals surface area contributed by atoms with E-state index < -0.39 is 0 Å². The molecule has 0 atom stereocenters. The smallest absolute Gasteiger partial charge is 0.236 e. The minimum absolute atomic E-state index is 0.0927. The van der Waals surface area contributed by atoms with Gasteiger partial charge in [0.15, 0.2) is 5.16 Å². The Morgan fingerprint density at radius 3 is 2.55 bits per heavy atom. The molecule has 0 saturated heterocycles. The Labute approximate surface area is 181 Å². The third-order valence-electron chi connectivity index (χ3n) is 4.16. The average Bonchev–Trinajstić information content (AvgIpc) is 3.37. The van der Waals surface area contributed by atoms with E-state index in [2.05, 4.69) is 43.6 Å². The van der Waals surface area contributed by atoms with Gasteiger partial charge in [-0.15, -0.1) is 10.2 Å². The van der Waals surface area contributed by atoms with Crippen molar-refractivity contribution in [2.75, 3.05) is 11.1 Å². The van der Waals surface area contributed by atoms with Crippen LogP contribution in [0.2, 0.25) is 0 Å². The number of halogens is 1. The predicted molar refractivity (Wildman–Crippen MR) is 118 cm³/mol. The van der Waals surface area contributed by atoms with Crippen molar-refractivity contribution in [3.05, 3.63) is 89.2 Å². The van der Waals surface area contributed by atoms with Crippen LogP contribution in [0.3, 0.4) is 0 Å². The summed E-state index contributed by atoms with van der Waals surface area (Å²) in [6, 6.07) is 21.5. The van der Waals surface area contributed by atoms with E-state index in [-0.39, 0.29) is 11.7 Å². The third kappa shape index (κ3) is 4.96. The number of carbonyl (C=O) groups excluding carboxylic acids is 1. The molecule has 2 aromatic carbocycles. The molecule has 0 aliphatic carbocycles. The maximum atomic E-state index is 12.4. The fraction of sp³-hybridized carbons (Fsp3) is 0.0952. The molecule has 0 aliphatic rings. The highest BCUT2D eigenvalue weighted by molar-refractivity contribution is 9.10. The zero-order valence-electron chi connectivity index (χ0n) is 15.4. The second-order valence-corrected chi connectivity index (χ2v) is 8.15. The molecule has 0 fully saturated rings. The Balaban J connectivity index is 1.51. The summed E-state index contributed by atoms with van der Waals surface area (Å²) in [5.41, 5.74) is 1.89. The molecule has 146 valence electrons. The quantitative estimate of drug-likeness (QED) is 0.403. The summed E-state index contributed by atoms with van der Waals surface area (Å²) in [5, 5.41) is 12.3. The van der Waals surface area contributed by atoms with Crippen LogP contribution < -0.4 is 5.32 Å². The number of rotatable bonds is 7. The SMILES string of the molecule is O=C(CSc1nnc(-n2cccc2)n1Cc1ccccc1)Nc1cccc(Br)c1. The van der Waals surface area contributed by atoms with Gasteiger partial charge < -0.3 is 5.32 Å². The molecule has 0 spiro atoms. The van der Waals surface area contributed by atoms with Crippen LogP contribution >= 0.6 is 27.7 Å². The van der Waals surface area contributed by atoms with E-state index >= 15 is 0 Å². The van der Waals surface area contributed by atoms with E-state index in [1.807, 2.05) is 76.1 Å². The summed E-state index contributed by atoms with van der Waals surface area (Å²) in [6.45, 7) is 0.622. The summed E-state index contributed by atoms with van der Waals surface area (Å²) in [6.07, 6.45) is 3.86. The zero-order valence-corrected chi connectivity index (χ0v) is 17.8. The normalized spacial score (nSPS) is 10.8. The predicted octanol–water partition coefficient (Wildman–Crippen LogP) is 4.61. The first-order valence-electron chi connectivity index (χ1n) is 8.98. The fourth-order valence-electron chi connectivity index (χ4n) is 2.84. The summed E-state index contributed by atoms with van der Waals surface area (Å²) >= 11 is 4.78. The van der Waals surface area contributed by atoms with E-state index in [1.165, 1.54) is 11.8 Å². The minimum Gasteiger partial charge on any atom is -0.325 e. The molecular weight excluding hydrogens is 450 g/mol. The van der Waals surface area contributed by atoms with Gasteiger partial charge in [-0.1, -0.05) is 64.1 Å². The van der Waals surface area contributed by atoms with Crippen LogP contribution in [-0.4, -0.2) is 31.0 Å². The molecule has 1 amide bonds. The number of anilines is 1. The Bertz CT molecular complexity index is 1100. The van der Waals surface area contributed by atoms with Crippen LogP contribution in [0.1, 0.15) is 5.56 Å². The lowest BCUT2D eigenvalue weighted by Crippen LogP contribution is -2.15. The Hall–Kier alpha value is -2.84. The van der Waals surface area contributed by atoms with E-state index in [0.717, 1.165) is 15.7 Å². The van der Waals surface area contributed by atoms with Crippen molar-refractivity contribution < 1.29 is 4.79 Å². The zero-order chi connectivity index (χ0) is 20.1. The number of benzene rings is 2. The molecule has 0 aliphatic heterocycles. The highest BCUT2D eigenvalue weighted by Crippen LogP contribution is 2.22. The van der Waals surface area contributed by atoms with Crippen LogP contribution in [0, 0.1) is 0 Å². The van der Waals surface area contributed by atoms with Crippen LogP contribution in [0.5, 0.6) is 0 Å². The number of amides is 1. The largest absolute Gasteiger partial charge is 0.325 e. The van der Waals surface area contributed by atoms with Crippen molar-refractivity contribution in [3.8, 4) is 5.95 Å². The molecule has 0 radical (unpaired) electrons. The number of nitrogens with zero attached hydrogens (tertiary/aromatic N) is 4. The molecule has 2 aromatic heterocycles. The van der Waals surface area contributed by atoms with Crippen LogP contribution in [0.15, 0.2) is 88.8 Å². The van der Waals surface area contributed by atoms with Crippen molar-refractivity contribution in [2.24, 2.45) is 0 Å². The second kappa shape index (κ2) is 9.11. The summed E-state index contributed by atoms with van der Waals surface area (Å²) in [5.74, 6) is 0.865. The van der Waals surface area contributed by atoms with Crippen LogP contribution in [-0.2, 0) is 11.3 Å². The molecule has 4 rings (SSSR count). The number of carbonyl (C=O) groups is 1. The van der Waals surface area contributed by atoms with E-state index in [9.17, 15) is 4.79 Å². The Morgan fingerprint density at radius 1 is 1.00 bits per heavy atom. The number of aromatic nitrogens is 4. The van der Waals surface area contributed by atoms with Gasteiger partial charge >= 0.3 is 0 Å². The molecule has 8 heteroatoms. The highest BCUT2D eigenvalue weighted by atomic mass is 79.9. The molecular formula is C21H18BrN5OS. The molecule has 0 bridgehead atoms. The van der Waals surface area contributed by atoms with Gasteiger partial charge in [-0.3, -0.25) is 13.9 Å². The number of hydrogen-bond donors (Lipinski definition) is 1. The van der Waals surface area contributed by atoms with E-state index in [4.69, 9.17) is 0 Å². The molecule has 4 aromatic rings. The Morgan fingerprint density at radius 2 is 1.79 bits per heavy atom. The molecule has 0 unspecified atom stereocenters. The lowest BCUT2D eigenvalue weighted by Gasteiger charge is -2.11. The van der Waals surface area contributed by atoms with Crippen molar-refractivity contribution in [1.29, 1.82) is 0 Å². The lowest BCUT2D eigenvalue weighted by molar-refractivity contribution is -0.113. The Kier molecular flexibility index (Phi) is 6.12. The van der Waals surface area contributed by atoms with Gasteiger partial charge in [0.1, 0.15) is 0 Å². The van der Waals surface area contributed by atoms with Crippen LogP contribution in [0.4, 0.5) is 5.69 Å². The first kappa shape index (κ1) is 19.5. The van der Waals surface area contributed by atoms with Crippen molar-refractivity contribution in [2.45, 2.75) is 11.7 Å². The standard InChI is InChI=1S/C21H18BrN5OS/c22-17-9-6-10-18(13-17)23-19(28)15-29-21-25-24-20(26-11-4-5-12-26)27(21)14-16-7-2-1-3-8-16/h1-13H,14-15H2,(H,23,28). The number of nitrogens with one attached hydrogen (secondary N) is 1. The molecule has 2 heterocycles. The first-order valence-corrected chi connectivity index (χ1v) is 10.8. The number of thioether (sulfide) groups is 1. The van der Waals surface area contributed by atoms with Gasteiger partial charge in [-0.05, 0) is 35.9 Å². The number of hydrogen-bond acceptors (Lipinski definition) is 4. The molecule has 1 N–H and O–H groups in total. The molecule has 0 saturated carbocycles. The van der Waals surface area contributed by atoms with Gasteiger partial charge in [-0.2, -0.15) is 0 Å². The minimum atomic E-state index is -0.0927. The van der Waals surface area contributed by atoms with Crippen molar-refractivity contribution in [3.63, 3.8) is 0 Å². The third-order valence-corrected chi connectivity index (χ3v) is 5.62. The lowest BCUT2D eigenvalue weighted by atomic mass is 10.2. The van der Waals surface area contributed by atoms with E-state index in [0.29, 0.717) is 17.6 Å². The fourth-order valence-corrected chi connectivity index (χ4v) is 3.98. The summed E-state index contributed by atoms with van der Waals surface area (Å²) < 4.78 is 4.86. The van der Waals surface area contributed by atoms with Gasteiger partial charge in [0.25, 0.3) is 0 Å². The highest BCUT2D eigenvalue weighted by Gasteiger charge is 2.16. The van der Waals surface area contributed by atoms with Crippen molar-refractivity contribution in [1.82, 2.24) is 19.3 Å². The maximum Gasteiger partial charge on any atom is 0.236 e.